The monoisotopic (exact) mass is 247 g/mol. The van der Waals surface area contributed by atoms with Crippen LogP contribution >= 0.6 is 0 Å². The van der Waals surface area contributed by atoms with Crippen molar-refractivity contribution in [3.63, 3.8) is 0 Å². The van der Waals surface area contributed by atoms with Crippen molar-refractivity contribution in [3.05, 3.63) is 84.7 Å². The summed E-state index contributed by atoms with van der Waals surface area (Å²) in [5.41, 5.74) is 3.67. The third-order valence-corrected chi connectivity index (χ3v) is 3.09. The van der Waals surface area contributed by atoms with Gasteiger partial charge in [-0.25, -0.2) is 4.39 Å². The highest BCUT2D eigenvalue weighted by Gasteiger charge is 2.05. The predicted octanol–water partition coefficient (Wildman–Crippen LogP) is 4.96. The van der Waals surface area contributed by atoms with Crippen molar-refractivity contribution in [3.8, 4) is 22.3 Å². The second kappa shape index (κ2) is 5.07. The summed E-state index contributed by atoms with van der Waals surface area (Å²) in [6, 6.07) is 25.7. The average Bonchev–Trinajstić information content (AvgIpc) is 2.49. The third kappa shape index (κ3) is 2.41. The number of halogens is 1. The lowest BCUT2D eigenvalue weighted by atomic mass is 9.99. The van der Waals surface area contributed by atoms with Crippen molar-refractivity contribution >= 4 is 0 Å². The number of hydrogen-bond acceptors (Lipinski definition) is 0. The Balaban J connectivity index is 2.09. The van der Waals surface area contributed by atoms with E-state index in [-0.39, 0.29) is 5.82 Å². The molecule has 0 aromatic heterocycles. The van der Waals surface area contributed by atoms with Gasteiger partial charge >= 0.3 is 0 Å². The summed E-state index contributed by atoms with van der Waals surface area (Å²) in [6.45, 7) is 0. The summed E-state index contributed by atoms with van der Waals surface area (Å²) in [4.78, 5) is 0. The zero-order valence-electron chi connectivity index (χ0n) is 10.3. The first kappa shape index (κ1) is 11.7. The molecule has 1 radical (unpaired) electrons. The Labute approximate surface area is 112 Å². The first-order chi connectivity index (χ1) is 9.34. The van der Waals surface area contributed by atoms with Gasteiger partial charge < -0.3 is 0 Å². The van der Waals surface area contributed by atoms with Gasteiger partial charge in [-0.2, -0.15) is 0 Å². The van der Waals surface area contributed by atoms with E-state index in [0.29, 0.717) is 5.56 Å². The van der Waals surface area contributed by atoms with Gasteiger partial charge in [-0.3, -0.25) is 0 Å². The van der Waals surface area contributed by atoms with E-state index >= 15 is 0 Å². The van der Waals surface area contributed by atoms with Crippen molar-refractivity contribution < 1.29 is 4.39 Å². The molecule has 0 amide bonds. The Morgan fingerprint density at radius 3 is 2.21 bits per heavy atom. The molecule has 91 valence electrons. The maximum Gasteiger partial charge on any atom is 0.138 e. The van der Waals surface area contributed by atoms with Crippen LogP contribution in [0.5, 0.6) is 0 Å². The van der Waals surface area contributed by atoms with Crippen LogP contribution in [0.4, 0.5) is 4.39 Å². The molecule has 0 heterocycles. The van der Waals surface area contributed by atoms with E-state index in [1.807, 2.05) is 54.6 Å². The standard InChI is InChI=1S/C18H12F/c19-18-12-5-4-11-17(18)16-10-6-9-15(13-16)14-7-2-1-3-8-14/h1-11,13H. The van der Waals surface area contributed by atoms with E-state index in [9.17, 15) is 4.39 Å². The van der Waals surface area contributed by atoms with Crippen LogP contribution in [-0.2, 0) is 0 Å². The summed E-state index contributed by atoms with van der Waals surface area (Å²) in [5, 5.41) is 0. The maximum absolute atomic E-state index is 13.8. The first-order valence-electron chi connectivity index (χ1n) is 6.17. The Morgan fingerprint density at radius 2 is 1.42 bits per heavy atom. The van der Waals surface area contributed by atoms with Crippen LogP contribution in [0.2, 0.25) is 0 Å². The zero-order chi connectivity index (χ0) is 13.1. The van der Waals surface area contributed by atoms with Gasteiger partial charge in [0.2, 0.25) is 0 Å². The van der Waals surface area contributed by atoms with Gasteiger partial charge in [-0.05, 0) is 22.8 Å². The number of hydrogen-bond donors (Lipinski definition) is 0. The van der Waals surface area contributed by atoms with Gasteiger partial charge in [0.25, 0.3) is 0 Å². The molecule has 0 spiro atoms. The zero-order valence-corrected chi connectivity index (χ0v) is 10.3. The minimum atomic E-state index is -0.312. The Kier molecular flexibility index (Phi) is 3.11. The largest absolute Gasteiger partial charge is 0.206 e. The second-order valence-corrected chi connectivity index (χ2v) is 4.34. The lowest BCUT2D eigenvalue weighted by Crippen LogP contribution is -1.85. The fraction of sp³-hybridized carbons (Fsp3) is 0. The first-order valence-corrected chi connectivity index (χ1v) is 6.17. The second-order valence-electron chi connectivity index (χ2n) is 4.34. The molecular formula is C18H12F. The van der Waals surface area contributed by atoms with E-state index in [2.05, 4.69) is 6.07 Å². The molecular weight excluding hydrogens is 235 g/mol. The Morgan fingerprint density at radius 1 is 0.684 bits per heavy atom. The highest BCUT2D eigenvalue weighted by atomic mass is 19.1. The van der Waals surface area contributed by atoms with Crippen molar-refractivity contribution in [1.82, 2.24) is 0 Å². The molecule has 0 unspecified atom stereocenters. The summed E-state index contributed by atoms with van der Waals surface area (Å²) < 4.78 is 13.8. The van der Waals surface area contributed by atoms with Crippen molar-refractivity contribution in [2.45, 2.75) is 0 Å². The number of benzene rings is 3. The SMILES string of the molecule is Fc1[c]cccc1-c1cccc(-c2ccccc2)c1. The van der Waals surface area contributed by atoms with Crippen LogP contribution in [0.15, 0.2) is 72.8 Å². The molecule has 0 bridgehead atoms. The lowest BCUT2D eigenvalue weighted by molar-refractivity contribution is 0.629. The summed E-state index contributed by atoms with van der Waals surface area (Å²) >= 11 is 0. The molecule has 0 N–H and O–H groups in total. The molecule has 0 saturated carbocycles. The number of rotatable bonds is 2. The molecule has 0 fully saturated rings. The van der Waals surface area contributed by atoms with Gasteiger partial charge in [0.15, 0.2) is 0 Å². The van der Waals surface area contributed by atoms with Crippen LogP contribution < -0.4 is 0 Å². The maximum atomic E-state index is 13.8. The van der Waals surface area contributed by atoms with E-state index in [1.54, 1.807) is 18.2 Å². The van der Waals surface area contributed by atoms with Crippen LogP contribution in [0.1, 0.15) is 0 Å². The molecule has 0 aliphatic heterocycles. The highest BCUT2D eigenvalue weighted by molar-refractivity contribution is 5.73. The molecule has 3 aromatic carbocycles. The van der Waals surface area contributed by atoms with Gasteiger partial charge in [-0.15, -0.1) is 0 Å². The average molecular weight is 247 g/mol. The van der Waals surface area contributed by atoms with Crippen molar-refractivity contribution in [2.24, 2.45) is 0 Å². The van der Waals surface area contributed by atoms with Gasteiger partial charge in [0.05, 0.1) is 0 Å². The normalized spacial score (nSPS) is 10.4. The molecule has 1 heteroatoms. The summed E-state index contributed by atoms with van der Waals surface area (Å²) in [5.74, 6) is -0.312. The molecule has 0 aliphatic carbocycles. The van der Waals surface area contributed by atoms with Crippen molar-refractivity contribution in [2.75, 3.05) is 0 Å². The smallest absolute Gasteiger partial charge is 0.138 e. The van der Waals surface area contributed by atoms with Gasteiger partial charge in [0, 0.05) is 11.6 Å². The van der Waals surface area contributed by atoms with E-state index in [1.165, 1.54) is 0 Å². The van der Waals surface area contributed by atoms with Crippen LogP contribution in [0.25, 0.3) is 22.3 Å². The van der Waals surface area contributed by atoms with Crippen molar-refractivity contribution in [1.29, 1.82) is 0 Å². The summed E-state index contributed by atoms with van der Waals surface area (Å²) in [6.07, 6.45) is 0. The van der Waals surface area contributed by atoms with E-state index in [0.717, 1.165) is 16.7 Å². The molecule has 0 atom stereocenters. The Hall–Kier alpha value is -2.41. The molecule has 0 nitrogen and oxygen atoms in total. The Bertz CT molecular complexity index is 687. The molecule has 3 rings (SSSR count). The van der Waals surface area contributed by atoms with Gasteiger partial charge in [-0.1, -0.05) is 66.7 Å². The molecule has 3 aromatic rings. The third-order valence-electron chi connectivity index (χ3n) is 3.09. The predicted molar refractivity (Wildman–Crippen MR) is 76.1 cm³/mol. The fourth-order valence-corrected chi connectivity index (χ4v) is 2.14. The van der Waals surface area contributed by atoms with Crippen LogP contribution in [0, 0.1) is 11.9 Å². The van der Waals surface area contributed by atoms with Crippen LogP contribution in [0.3, 0.4) is 0 Å². The molecule has 0 aliphatic rings. The minimum Gasteiger partial charge on any atom is -0.206 e. The van der Waals surface area contributed by atoms with E-state index in [4.69, 9.17) is 0 Å². The minimum absolute atomic E-state index is 0.312. The fourth-order valence-electron chi connectivity index (χ4n) is 2.14. The van der Waals surface area contributed by atoms with Gasteiger partial charge in [0.1, 0.15) is 5.82 Å². The van der Waals surface area contributed by atoms with Crippen LogP contribution in [-0.4, -0.2) is 0 Å². The molecule has 19 heavy (non-hydrogen) atoms. The quantitative estimate of drug-likeness (QED) is 0.600. The lowest BCUT2D eigenvalue weighted by Gasteiger charge is -2.06. The highest BCUT2D eigenvalue weighted by Crippen LogP contribution is 2.27. The molecule has 0 saturated heterocycles. The topological polar surface area (TPSA) is 0 Å². The van der Waals surface area contributed by atoms with E-state index < -0.39 is 0 Å². The summed E-state index contributed by atoms with van der Waals surface area (Å²) in [7, 11) is 0.